The van der Waals surface area contributed by atoms with Gasteiger partial charge in [-0.3, -0.25) is 4.90 Å². The molecule has 240 valence electrons. The molecule has 2 fully saturated rings. The normalized spacial score (nSPS) is 24.1. The molecule has 0 unspecified atom stereocenters. The number of likely N-dealkylation sites (tertiary alicyclic amines) is 1. The summed E-state index contributed by atoms with van der Waals surface area (Å²) < 4.78 is 18.0. The van der Waals surface area contributed by atoms with E-state index >= 15 is 0 Å². The Kier molecular flexibility index (Phi) is 11.2. The molecule has 2 heterocycles. The highest BCUT2D eigenvalue weighted by molar-refractivity contribution is 5.83. The zero-order valence-corrected chi connectivity index (χ0v) is 25.8. The van der Waals surface area contributed by atoms with Crippen molar-refractivity contribution in [2.75, 3.05) is 26.7 Å². The standard InChI is InChI=1S/C35H43N3O7/c1-23-31(21-38-17-16-29(40)20-38)44-34(45-32(23)27-12-10-26(22-39)11-13-27)28-14-8-25(9-15-28)19-36-35(42)37-30(33(41)43-2)18-24-6-4-3-5-7-24/h3-15,23,29-32,34,39-40H,16-22H2,1-2H3,(H2,36,37,42)/t23-,29+,30+,31+,32+,34+/m1/s1. The molecule has 10 heteroatoms. The van der Waals surface area contributed by atoms with E-state index in [1.165, 1.54) is 7.11 Å². The van der Waals surface area contributed by atoms with E-state index in [1.54, 1.807) is 0 Å². The average molecular weight is 618 g/mol. The minimum Gasteiger partial charge on any atom is -0.467 e. The van der Waals surface area contributed by atoms with Crippen molar-refractivity contribution >= 4 is 12.0 Å². The number of β-amino-alcohol motifs (C(OH)–C–C–N with tert-alkyl or cyclic N) is 1. The van der Waals surface area contributed by atoms with Gasteiger partial charge in [-0.15, -0.1) is 0 Å². The molecule has 2 saturated heterocycles. The van der Waals surface area contributed by atoms with Gasteiger partial charge in [-0.2, -0.15) is 0 Å². The van der Waals surface area contributed by atoms with Gasteiger partial charge in [-0.1, -0.05) is 85.8 Å². The van der Waals surface area contributed by atoms with E-state index in [4.69, 9.17) is 14.2 Å². The zero-order chi connectivity index (χ0) is 31.8. The van der Waals surface area contributed by atoms with Crippen LogP contribution in [-0.2, 0) is 38.6 Å². The van der Waals surface area contributed by atoms with Gasteiger partial charge < -0.3 is 35.1 Å². The van der Waals surface area contributed by atoms with Gasteiger partial charge in [-0.05, 0) is 28.7 Å². The summed E-state index contributed by atoms with van der Waals surface area (Å²) >= 11 is 0. The molecule has 6 atom stereocenters. The quantitative estimate of drug-likeness (QED) is 0.240. The summed E-state index contributed by atoms with van der Waals surface area (Å²) in [4.78, 5) is 27.2. The summed E-state index contributed by atoms with van der Waals surface area (Å²) in [6.07, 6.45) is -0.182. The van der Waals surface area contributed by atoms with Crippen molar-refractivity contribution in [1.29, 1.82) is 0 Å². The molecule has 0 bridgehead atoms. The lowest BCUT2D eigenvalue weighted by molar-refractivity contribution is -0.276. The summed E-state index contributed by atoms with van der Waals surface area (Å²) in [5, 5.41) is 25.1. The molecule has 45 heavy (non-hydrogen) atoms. The van der Waals surface area contributed by atoms with Crippen molar-refractivity contribution in [2.24, 2.45) is 5.92 Å². The fraction of sp³-hybridized carbons (Fsp3) is 0.429. The van der Waals surface area contributed by atoms with Crippen LogP contribution in [0.3, 0.4) is 0 Å². The van der Waals surface area contributed by atoms with Crippen molar-refractivity contribution in [3.8, 4) is 0 Å². The molecule has 0 aliphatic carbocycles. The number of hydrogen-bond acceptors (Lipinski definition) is 8. The van der Waals surface area contributed by atoms with E-state index < -0.39 is 24.3 Å². The van der Waals surface area contributed by atoms with Crippen LogP contribution in [0.15, 0.2) is 78.9 Å². The number of benzene rings is 3. The van der Waals surface area contributed by atoms with Crippen LogP contribution in [0.4, 0.5) is 4.79 Å². The number of esters is 1. The number of nitrogens with one attached hydrogen (secondary N) is 2. The Bertz CT molecular complexity index is 1390. The first-order chi connectivity index (χ1) is 21.8. The lowest BCUT2D eigenvalue weighted by atomic mass is 9.90. The molecule has 5 rings (SSSR count). The Balaban J connectivity index is 1.23. The fourth-order valence-corrected chi connectivity index (χ4v) is 5.93. The summed E-state index contributed by atoms with van der Waals surface area (Å²) in [5.41, 5.74) is 4.49. The highest BCUT2D eigenvalue weighted by atomic mass is 16.7. The second kappa shape index (κ2) is 15.5. The van der Waals surface area contributed by atoms with Gasteiger partial charge in [0.25, 0.3) is 0 Å². The molecule has 2 aliphatic heterocycles. The first kappa shape index (κ1) is 32.6. The van der Waals surface area contributed by atoms with Gasteiger partial charge in [-0.25, -0.2) is 9.59 Å². The predicted octanol–water partition coefficient (Wildman–Crippen LogP) is 3.62. The van der Waals surface area contributed by atoms with Crippen molar-refractivity contribution in [3.05, 3.63) is 107 Å². The number of hydrogen-bond donors (Lipinski definition) is 4. The van der Waals surface area contributed by atoms with Crippen LogP contribution >= 0.6 is 0 Å². The molecule has 0 radical (unpaired) electrons. The lowest BCUT2D eigenvalue weighted by Gasteiger charge is -2.42. The van der Waals surface area contributed by atoms with E-state index in [0.29, 0.717) is 19.5 Å². The Morgan fingerprint density at radius 3 is 2.29 bits per heavy atom. The lowest BCUT2D eigenvalue weighted by Crippen LogP contribution is -2.47. The Morgan fingerprint density at radius 1 is 0.956 bits per heavy atom. The predicted molar refractivity (Wildman–Crippen MR) is 168 cm³/mol. The third-order valence-electron chi connectivity index (χ3n) is 8.59. The average Bonchev–Trinajstić information content (AvgIpc) is 3.49. The van der Waals surface area contributed by atoms with Crippen molar-refractivity contribution < 1.29 is 34.0 Å². The Morgan fingerprint density at radius 2 is 1.64 bits per heavy atom. The number of ether oxygens (including phenoxy) is 3. The number of nitrogens with zero attached hydrogens (tertiary/aromatic N) is 1. The molecule has 0 spiro atoms. The molecule has 3 aromatic rings. The van der Waals surface area contributed by atoms with Crippen LogP contribution in [-0.4, -0.2) is 72.1 Å². The third kappa shape index (κ3) is 8.68. The fourth-order valence-electron chi connectivity index (χ4n) is 5.93. The van der Waals surface area contributed by atoms with Crippen molar-refractivity contribution in [1.82, 2.24) is 15.5 Å². The van der Waals surface area contributed by atoms with E-state index in [2.05, 4.69) is 22.5 Å². The Labute approximate surface area is 264 Å². The SMILES string of the molecule is COC(=O)[C@H](Cc1ccccc1)NC(=O)NCc1ccc([C@H]2O[C@@H](CN3CC[C@H](O)C3)[C@@H](C)[C@@H](c3ccc(CO)cc3)O2)cc1. The second-order valence-corrected chi connectivity index (χ2v) is 11.9. The maximum Gasteiger partial charge on any atom is 0.328 e. The topological polar surface area (TPSA) is 130 Å². The largest absolute Gasteiger partial charge is 0.467 e. The molecule has 10 nitrogen and oxygen atoms in total. The molecule has 0 saturated carbocycles. The molecule has 4 N–H and O–H groups in total. The summed E-state index contributed by atoms with van der Waals surface area (Å²) in [6.45, 7) is 4.52. The van der Waals surface area contributed by atoms with E-state index in [1.807, 2.05) is 78.9 Å². The highest BCUT2D eigenvalue weighted by Crippen LogP contribution is 2.42. The smallest absolute Gasteiger partial charge is 0.328 e. The maximum atomic E-state index is 12.7. The maximum absolute atomic E-state index is 12.7. The van der Waals surface area contributed by atoms with E-state index in [9.17, 15) is 19.8 Å². The van der Waals surface area contributed by atoms with Crippen LogP contribution in [0.5, 0.6) is 0 Å². The van der Waals surface area contributed by atoms with Crippen LogP contribution < -0.4 is 10.6 Å². The van der Waals surface area contributed by atoms with Crippen molar-refractivity contribution in [3.63, 3.8) is 0 Å². The molecular formula is C35H43N3O7. The van der Waals surface area contributed by atoms with Gasteiger partial charge in [0.1, 0.15) is 6.04 Å². The molecule has 2 amide bonds. The molecule has 2 aliphatic rings. The summed E-state index contributed by atoms with van der Waals surface area (Å²) in [5.74, 6) is -0.460. The van der Waals surface area contributed by atoms with Gasteiger partial charge in [0, 0.05) is 44.1 Å². The van der Waals surface area contributed by atoms with Gasteiger partial charge >= 0.3 is 12.0 Å². The number of amides is 2. The number of aliphatic hydroxyl groups excluding tert-OH is 2. The van der Waals surface area contributed by atoms with Crippen LogP contribution in [0.25, 0.3) is 0 Å². The molecule has 0 aromatic heterocycles. The number of aliphatic hydroxyl groups is 2. The zero-order valence-electron chi connectivity index (χ0n) is 25.8. The minimum atomic E-state index is -0.813. The van der Waals surface area contributed by atoms with Gasteiger partial charge in [0.05, 0.1) is 32.0 Å². The summed E-state index contributed by atoms with van der Waals surface area (Å²) in [7, 11) is 1.30. The molecular weight excluding hydrogens is 574 g/mol. The Hall–Kier alpha value is -3.80. The monoisotopic (exact) mass is 617 g/mol. The van der Waals surface area contributed by atoms with Crippen LogP contribution in [0.2, 0.25) is 0 Å². The number of urea groups is 1. The number of methoxy groups -OCH3 is 1. The number of carbonyl (C=O) groups excluding carboxylic acids is 2. The first-order valence-corrected chi connectivity index (χ1v) is 15.5. The summed E-state index contributed by atoms with van der Waals surface area (Å²) in [6, 6.07) is 23.7. The van der Waals surface area contributed by atoms with Crippen LogP contribution in [0, 0.1) is 5.92 Å². The number of rotatable bonds is 11. The minimum absolute atomic E-state index is 0.0184. The van der Waals surface area contributed by atoms with Crippen LogP contribution in [0.1, 0.15) is 53.6 Å². The van der Waals surface area contributed by atoms with E-state index in [0.717, 1.165) is 40.8 Å². The van der Waals surface area contributed by atoms with Gasteiger partial charge in [0.2, 0.25) is 0 Å². The third-order valence-corrected chi connectivity index (χ3v) is 8.59. The second-order valence-electron chi connectivity index (χ2n) is 11.9. The highest BCUT2D eigenvalue weighted by Gasteiger charge is 2.39. The first-order valence-electron chi connectivity index (χ1n) is 15.5. The van der Waals surface area contributed by atoms with Gasteiger partial charge in [0.15, 0.2) is 6.29 Å². The van der Waals surface area contributed by atoms with E-state index in [-0.39, 0.29) is 37.4 Å². The molecule has 3 aromatic carbocycles. The number of carbonyl (C=O) groups is 2. The van der Waals surface area contributed by atoms with Crippen molar-refractivity contribution in [2.45, 2.75) is 63.6 Å².